The van der Waals surface area contributed by atoms with E-state index in [-0.39, 0.29) is 30.0 Å². The highest BCUT2D eigenvalue weighted by atomic mass is 19.4. The Bertz CT molecular complexity index is 1790. The molecule has 1 saturated carbocycles. The second-order valence-corrected chi connectivity index (χ2v) is 12.5. The minimum atomic E-state index is -4.51. The van der Waals surface area contributed by atoms with Gasteiger partial charge in [0.15, 0.2) is 0 Å². The van der Waals surface area contributed by atoms with Crippen molar-refractivity contribution in [3.63, 3.8) is 0 Å². The number of rotatable bonds is 11. The molecule has 6 nitrogen and oxygen atoms in total. The topological polar surface area (TPSA) is 81.7 Å². The summed E-state index contributed by atoms with van der Waals surface area (Å²) >= 11 is 0. The van der Waals surface area contributed by atoms with Gasteiger partial charge in [-0.3, -0.25) is 9.59 Å². The SMILES string of the molecule is O=C(NC(Cc1cc(F)cc(F)c1)C(O)CNC1(c2cccc(C(F)(F)F)c2)CC1)c1cccc2c1CCN(Cc1ccccc1)C2=O. The molecule has 0 saturated heterocycles. The monoisotopic (exact) mass is 663 g/mol. The van der Waals surface area contributed by atoms with Crippen LogP contribution < -0.4 is 10.6 Å². The maximum atomic E-state index is 14.1. The van der Waals surface area contributed by atoms with Crippen LogP contribution in [0.3, 0.4) is 0 Å². The molecule has 2 aliphatic rings. The number of alkyl halides is 3. The van der Waals surface area contributed by atoms with Crippen molar-refractivity contribution >= 4 is 11.8 Å². The molecule has 0 radical (unpaired) electrons. The molecule has 250 valence electrons. The molecule has 2 atom stereocenters. The van der Waals surface area contributed by atoms with E-state index >= 15 is 0 Å². The van der Waals surface area contributed by atoms with Crippen molar-refractivity contribution in [3.05, 3.63) is 142 Å². The van der Waals surface area contributed by atoms with E-state index in [9.17, 15) is 36.6 Å². The zero-order valence-electron chi connectivity index (χ0n) is 25.9. The molecule has 4 aromatic rings. The van der Waals surface area contributed by atoms with Gasteiger partial charge in [-0.2, -0.15) is 13.2 Å². The summed E-state index contributed by atoms with van der Waals surface area (Å²) in [6.07, 6.45) is -4.45. The number of fused-ring (bicyclic) bond motifs is 1. The Morgan fingerprint density at radius 2 is 1.60 bits per heavy atom. The fourth-order valence-electron chi connectivity index (χ4n) is 6.38. The molecule has 3 N–H and O–H groups in total. The van der Waals surface area contributed by atoms with Crippen molar-refractivity contribution in [2.45, 2.75) is 56.1 Å². The smallest absolute Gasteiger partial charge is 0.390 e. The van der Waals surface area contributed by atoms with Crippen LogP contribution >= 0.6 is 0 Å². The summed E-state index contributed by atoms with van der Waals surface area (Å²) < 4.78 is 68.3. The Balaban J connectivity index is 1.21. The van der Waals surface area contributed by atoms with Gasteiger partial charge in [0.1, 0.15) is 11.6 Å². The highest BCUT2D eigenvalue weighted by Crippen LogP contribution is 2.46. The van der Waals surface area contributed by atoms with Crippen LogP contribution in [-0.2, 0) is 31.1 Å². The third-order valence-corrected chi connectivity index (χ3v) is 9.09. The molecule has 1 heterocycles. The zero-order chi connectivity index (χ0) is 34.1. The summed E-state index contributed by atoms with van der Waals surface area (Å²) in [6, 6.07) is 21.3. The average Bonchev–Trinajstić information content (AvgIpc) is 3.85. The molecule has 1 fully saturated rings. The number of hydrogen-bond acceptors (Lipinski definition) is 4. The third kappa shape index (κ3) is 7.42. The summed E-state index contributed by atoms with van der Waals surface area (Å²) in [7, 11) is 0. The first kappa shape index (κ1) is 33.3. The second kappa shape index (κ2) is 13.5. The van der Waals surface area contributed by atoms with E-state index in [1.807, 2.05) is 30.3 Å². The van der Waals surface area contributed by atoms with Crippen LogP contribution in [0.4, 0.5) is 22.0 Å². The lowest BCUT2D eigenvalue weighted by molar-refractivity contribution is -0.137. The summed E-state index contributed by atoms with van der Waals surface area (Å²) in [5, 5.41) is 17.4. The van der Waals surface area contributed by atoms with Crippen molar-refractivity contribution in [1.29, 1.82) is 0 Å². The maximum absolute atomic E-state index is 14.1. The second-order valence-electron chi connectivity index (χ2n) is 12.5. The summed E-state index contributed by atoms with van der Waals surface area (Å²) in [4.78, 5) is 28.9. The Morgan fingerprint density at radius 1 is 0.896 bits per heavy atom. The molecule has 4 aromatic carbocycles. The number of amides is 2. The van der Waals surface area contributed by atoms with E-state index in [2.05, 4.69) is 10.6 Å². The molecule has 1 aliphatic carbocycles. The van der Waals surface area contributed by atoms with Crippen molar-refractivity contribution in [2.24, 2.45) is 0 Å². The van der Waals surface area contributed by atoms with Gasteiger partial charge in [-0.05, 0) is 84.3 Å². The Hall–Kier alpha value is -4.61. The fourth-order valence-corrected chi connectivity index (χ4v) is 6.38. The molecule has 48 heavy (non-hydrogen) atoms. The lowest BCUT2D eigenvalue weighted by Gasteiger charge is -2.31. The van der Waals surface area contributed by atoms with E-state index in [1.54, 1.807) is 29.2 Å². The van der Waals surface area contributed by atoms with E-state index in [0.29, 0.717) is 49.0 Å². The normalized spacial score (nSPS) is 16.6. The van der Waals surface area contributed by atoms with Crippen LogP contribution in [0.1, 0.15) is 61.4 Å². The van der Waals surface area contributed by atoms with Crippen LogP contribution in [0, 0.1) is 11.6 Å². The van der Waals surface area contributed by atoms with Gasteiger partial charge in [-0.1, -0.05) is 48.5 Å². The first-order valence-corrected chi connectivity index (χ1v) is 15.7. The number of nitrogens with one attached hydrogen (secondary N) is 2. The Labute approximate surface area is 274 Å². The Morgan fingerprint density at radius 3 is 2.29 bits per heavy atom. The first-order valence-electron chi connectivity index (χ1n) is 15.7. The molecular formula is C37H34F5N3O3. The molecule has 0 bridgehead atoms. The fraction of sp³-hybridized carbons (Fsp3) is 0.297. The first-order chi connectivity index (χ1) is 22.9. The number of halogens is 5. The predicted octanol–water partition coefficient (Wildman–Crippen LogP) is 6.16. The molecule has 0 aromatic heterocycles. The van der Waals surface area contributed by atoms with Gasteiger partial charge in [0.2, 0.25) is 0 Å². The molecule has 6 rings (SSSR count). The lowest BCUT2D eigenvalue weighted by atomic mass is 9.92. The number of benzene rings is 4. The molecular weight excluding hydrogens is 629 g/mol. The summed E-state index contributed by atoms with van der Waals surface area (Å²) in [5.41, 5.74) is 1.24. The van der Waals surface area contributed by atoms with E-state index in [4.69, 9.17) is 0 Å². The van der Waals surface area contributed by atoms with Crippen LogP contribution in [-0.4, -0.2) is 47.1 Å². The third-order valence-electron chi connectivity index (χ3n) is 9.09. The van der Waals surface area contributed by atoms with Crippen molar-refractivity contribution in [2.75, 3.05) is 13.1 Å². The molecule has 2 unspecified atom stereocenters. The van der Waals surface area contributed by atoms with Crippen molar-refractivity contribution in [1.82, 2.24) is 15.5 Å². The number of nitrogens with zero attached hydrogens (tertiary/aromatic N) is 1. The zero-order valence-corrected chi connectivity index (χ0v) is 25.9. The van der Waals surface area contributed by atoms with Crippen LogP contribution in [0.2, 0.25) is 0 Å². The minimum Gasteiger partial charge on any atom is -0.390 e. The van der Waals surface area contributed by atoms with Crippen LogP contribution in [0.25, 0.3) is 0 Å². The number of carbonyl (C=O) groups is 2. The number of aliphatic hydroxyl groups excluding tert-OH is 1. The van der Waals surface area contributed by atoms with Gasteiger partial charge >= 0.3 is 6.18 Å². The standard InChI is InChI=1S/C37H34F5N3O3/c38-27-16-24(17-28(39)20-27)18-32(33(46)21-43-36(13-14-36)25-8-4-9-26(19-25)37(40,41)42)44-34(47)30-10-5-11-31-29(30)12-15-45(35(31)48)22-23-6-2-1-3-7-23/h1-11,16-17,19-20,32-33,43,46H,12-15,18,21-22H2,(H,44,47). The average molecular weight is 664 g/mol. The largest absolute Gasteiger partial charge is 0.416 e. The van der Waals surface area contributed by atoms with Crippen LogP contribution in [0.15, 0.2) is 91.0 Å². The van der Waals surface area contributed by atoms with Gasteiger partial charge in [-0.15, -0.1) is 0 Å². The molecule has 11 heteroatoms. The Kier molecular flexibility index (Phi) is 9.35. The van der Waals surface area contributed by atoms with Gasteiger partial charge < -0.3 is 20.6 Å². The number of hydrogen-bond donors (Lipinski definition) is 3. The highest BCUT2D eigenvalue weighted by Gasteiger charge is 2.45. The van der Waals surface area contributed by atoms with E-state index < -0.39 is 47.0 Å². The van der Waals surface area contributed by atoms with Crippen LogP contribution in [0.5, 0.6) is 0 Å². The minimum absolute atomic E-state index is 0.126. The lowest BCUT2D eigenvalue weighted by Crippen LogP contribution is -2.50. The van der Waals surface area contributed by atoms with Gasteiger partial charge in [-0.25, -0.2) is 8.78 Å². The number of aliphatic hydroxyl groups is 1. The van der Waals surface area contributed by atoms with Gasteiger partial charge in [0, 0.05) is 42.4 Å². The number of carbonyl (C=O) groups excluding carboxylic acids is 2. The van der Waals surface area contributed by atoms with E-state index in [1.165, 1.54) is 6.07 Å². The molecule has 0 spiro atoms. The van der Waals surface area contributed by atoms with Crippen molar-refractivity contribution in [3.8, 4) is 0 Å². The van der Waals surface area contributed by atoms with Gasteiger partial charge in [0.25, 0.3) is 11.8 Å². The van der Waals surface area contributed by atoms with Gasteiger partial charge in [0.05, 0.1) is 17.7 Å². The maximum Gasteiger partial charge on any atom is 0.416 e. The molecule has 2 amide bonds. The highest BCUT2D eigenvalue weighted by molar-refractivity contribution is 6.03. The predicted molar refractivity (Wildman–Crippen MR) is 169 cm³/mol. The van der Waals surface area contributed by atoms with E-state index in [0.717, 1.165) is 35.9 Å². The summed E-state index contributed by atoms with van der Waals surface area (Å²) in [6.45, 7) is 0.684. The quantitative estimate of drug-likeness (QED) is 0.168. The van der Waals surface area contributed by atoms with Crippen molar-refractivity contribution < 1.29 is 36.6 Å². The molecule has 1 aliphatic heterocycles. The summed E-state index contributed by atoms with van der Waals surface area (Å²) in [5.74, 6) is -2.43.